The highest BCUT2D eigenvalue weighted by atomic mass is 13.9. The fourth-order valence-corrected chi connectivity index (χ4v) is 0.934. The van der Waals surface area contributed by atoms with Gasteiger partial charge in [0.2, 0.25) is 0 Å². The maximum absolute atomic E-state index is 2.29. The van der Waals surface area contributed by atoms with Gasteiger partial charge in [-0.05, 0) is 0 Å². The molecule has 0 bridgehead atoms. The first-order valence-electron chi connectivity index (χ1n) is 4.13. The Bertz CT molecular complexity index is 49.6. The predicted octanol–water partition coefficient (Wildman–Crippen LogP) is 2.57. The van der Waals surface area contributed by atoms with E-state index in [1.807, 2.05) is 0 Å². The average molecular weight is 126 g/mol. The van der Waals surface area contributed by atoms with Crippen LogP contribution in [0.25, 0.3) is 0 Å². The van der Waals surface area contributed by atoms with Crippen molar-refractivity contribution >= 4 is 7.28 Å². The van der Waals surface area contributed by atoms with Crippen LogP contribution in [0.2, 0.25) is 12.6 Å². The van der Waals surface area contributed by atoms with Crippen molar-refractivity contribution in [3.63, 3.8) is 0 Å². The van der Waals surface area contributed by atoms with Gasteiger partial charge in [0.05, 0.1) is 0 Å². The van der Waals surface area contributed by atoms with E-state index < -0.39 is 0 Å². The Kier molecular flexibility index (Phi) is 4.93. The van der Waals surface area contributed by atoms with Crippen molar-refractivity contribution in [3.8, 4) is 0 Å². The van der Waals surface area contributed by atoms with E-state index >= 15 is 0 Å². The largest absolute Gasteiger partial charge is 0.121 e. The minimum absolute atomic E-state index is 0.892. The minimum Gasteiger partial charge on any atom is -0.0751 e. The molecule has 0 aromatic rings. The average Bonchev–Trinajstić information content (AvgIpc) is 1.63. The molecular formula is C8H19B. The fraction of sp³-hybridized carbons (Fsp3) is 1.00. The molecule has 0 heterocycles. The Hall–Kier alpha value is 0.0649. The molecule has 0 fully saturated rings. The molecule has 0 unspecified atom stereocenters. The second-order valence-electron chi connectivity index (χ2n) is 3.72. The summed E-state index contributed by atoms with van der Waals surface area (Å²) in [6.45, 7) is 9.17. The normalized spacial score (nSPS) is 10.9. The molecule has 0 aliphatic heterocycles. The van der Waals surface area contributed by atoms with Crippen LogP contribution in [0, 0.1) is 11.8 Å². The summed E-state index contributed by atoms with van der Waals surface area (Å²) in [5, 5.41) is 0. The van der Waals surface area contributed by atoms with E-state index in [1.54, 1.807) is 0 Å². The SMILES string of the molecule is CC(C)CBCC(C)C. The van der Waals surface area contributed by atoms with E-state index in [1.165, 1.54) is 19.9 Å². The van der Waals surface area contributed by atoms with E-state index in [2.05, 4.69) is 27.7 Å². The summed E-state index contributed by atoms with van der Waals surface area (Å²) in [6.07, 6.45) is 2.80. The van der Waals surface area contributed by atoms with Crippen molar-refractivity contribution in [1.29, 1.82) is 0 Å². The molecule has 54 valence electrons. The van der Waals surface area contributed by atoms with E-state index in [9.17, 15) is 0 Å². The third-order valence-corrected chi connectivity index (χ3v) is 1.56. The predicted molar refractivity (Wildman–Crippen MR) is 46.4 cm³/mol. The van der Waals surface area contributed by atoms with Crippen LogP contribution in [-0.2, 0) is 0 Å². The van der Waals surface area contributed by atoms with Gasteiger partial charge in [0, 0.05) is 0 Å². The quantitative estimate of drug-likeness (QED) is 0.508. The van der Waals surface area contributed by atoms with Gasteiger partial charge in [0.25, 0.3) is 0 Å². The summed E-state index contributed by atoms with van der Waals surface area (Å²) in [7, 11) is 1.41. The van der Waals surface area contributed by atoms with Crippen LogP contribution < -0.4 is 0 Å². The Morgan fingerprint density at radius 1 is 0.889 bits per heavy atom. The molecule has 0 saturated carbocycles. The third kappa shape index (κ3) is 8.06. The lowest BCUT2D eigenvalue weighted by Gasteiger charge is -2.03. The van der Waals surface area contributed by atoms with Crippen LogP contribution in [0.4, 0.5) is 0 Å². The first-order valence-corrected chi connectivity index (χ1v) is 4.13. The molecule has 0 aromatic carbocycles. The molecule has 0 radical (unpaired) electrons. The van der Waals surface area contributed by atoms with Crippen molar-refractivity contribution in [2.24, 2.45) is 11.8 Å². The zero-order valence-corrected chi connectivity index (χ0v) is 7.28. The summed E-state index contributed by atoms with van der Waals surface area (Å²) in [4.78, 5) is 0. The highest BCUT2D eigenvalue weighted by molar-refractivity contribution is 6.35. The van der Waals surface area contributed by atoms with Gasteiger partial charge in [-0.2, -0.15) is 0 Å². The lowest BCUT2D eigenvalue weighted by molar-refractivity contribution is 0.700. The lowest BCUT2D eigenvalue weighted by Crippen LogP contribution is -1.99. The van der Waals surface area contributed by atoms with Crippen molar-refractivity contribution < 1.29 is 0 Å². The molecule has 0 nitrogen and oxygen atoms in total. The van der Waals surface area contributed by atoms with Gasteiger partial charge < -0.3 is 0 Å². The Morgan fingerprint density at radius 3 is 1.44 bits per heavy atom. The molecule has 1 heteroatoms. The molecule has 0 aliphatic carbocycles. The molecule has 0 atom stereocenters. The highest BCUT2D eigenvalue weighted by Crippen LogP contribution is 2.05. The Labute approximate surface area is 60.3 Å². The second kappa shape index (κ2) is 4.90. The van der Waals surface area contributed by atoms with Crippen LogP contribution in [0.1, 0.15) is 27.7 Å². The maximum Gasteiger partial charge on any atom is 0.121 e. The van der Waals surface area contributed by atoms with Crippen LogP contribution >= 0.6 is 0 Å². The maximum atomic E-state index is 2.29. The van der Waals surface area contributed by atoms with Gasteiger partial charge in [-0.25, -0.2) is 0 Å². The summed E-state index contributed by atoms with van der Waals surface area (Å²) < 4.78 is 0. The van der Waals surface area contributed by atoms with Crippen molar-refractivity contribution in [1.82, 2.24) is 0 Å². The van der Waals surface area contributed by atoms with E-state index in [-0.39, 0.29) is 0 Å². The van der Waals surface area contributed by atoms with E-state index in [4.69, 9.17) is 0 Å². The van der Waals surface area contributed by atoms with E-state index in [0.29, 0.717) is 0 Å². The van der Waals surface area contributed by atoms with Crippen LogP contribution in [0.15, 0.2) is 0 Å². The van der Waals surface area contributed by atoms with Gasteiger partial charge in [0.15, 0.2) is 0 Å². The Morgan fingerprint density at radius 2 is 1.22 bits per heavy atom. The molecule has 0 saturated heterocycles. The molecule has 0 aliphatic rings. The van der Waals surface area contributed by atoms with Gasteiger partial charge in [-0.3, -0.25) is 0 Å². The lowest BCUT2D eigenvalue weighted by atomic mass is 9.64. The van der Waals surface area contributed by atoms with Crippen LogP contribution in [0.5, 0.6) is 0 Å². The van der Waals surface area contributed by atoms with Crippen molar-refractivity contribution in [3.05, 3.63) is 0 Å². The molecule has 0 N–H and O–H groups in total. The monoisotopic (exact) mass is 126 g/mol. The molecule has 0 amide bonds. The number of rotatable bonds is 4. The summed E-state index contributed by atoms with van der Waals surface area (Å²) in [5.41, 5.74) is 0. The smallest absolute Gasteiger partial charge is 0.0751 e. The molecule has 0 spiro atoms. The number of hydrogen-bond acceptors (Lipinski definition) is 0. The Balaban J connectivity index is 2.91. The number of hydrogen-bond donors (Lipinski definition) is 0. The molecular weight excluding hydrogens is 107 g/mol. The molecule has 0 rings (SSSR count). The first-order chi connectivity index (χ1) is 4.13. The minimum atomic E-state index is 0.892. The van der Waals surface area contributed by atoms with Crippen molar-refractivity contribution in [2.45, 2.75) is 40.3 Å². The van der Waals surface area contributed by atoms with E-state index in [0.717, 1.165) is 11.8 Å². The standard InChI is InChI=1S/C8H19B/c1-7(2)5-9-6-8(3)4/h7-9H,5-6H2,1-4H3. The fourth-order valence-electron chi connectivity index (χ4n) is 0.934. The van der Waals surface area contributed by atoms with Gasteiger partial charge in [-0.15, -0.1) is 0 Å². The highest BCUT2D eigenvalue weighted by Gasteiger charge is 1.97. The zero-order chi connectivity index (χ0) is 7.28. The summed E-state index contributed by atoms with van der Waals surface area (Å²) in [5.74, 6) is 1.78. The first kappa shape index (κ1) is 9.06. The van der Waals surface area contributed by atoms with Gasteiger partial charge in [-0.1, -0.05) is 52.2 Å². The van der Waals surface area contributed by atoms with Gasteiger partial charge in [0.1, 0.15) is 7.28 Å². The zero-order valence-electron chi connectivity index (χ0n) is 7.28. The van der Waals surface area contributed by atoms with Crippen LogP contribution in [0.3, 0.4) is 0 Å². The third-order valence-electron chi connectivity index (χ3n) is 1.56. The van der Waals surface area contributed by atoms with Crippen molar-refractivity contribution in [2.75, 3.05) is 0 Å². The van der Waals surface area contributed by atoms with Crippen LogP contribution in [-0.4, -0.2) is 7.28 Å². The second-order valence-corrected chi connectivity index (χ2v) is 3.72. The summed E-state index contributed by atoms with van der Waals surface area (Å²) in [6, 6.07) is 0. The topological polar surface area (TPSA) is 0 Å². The molecule has 9 heavy (non-hydrogen) atoms. The van der Waals surface area contributed by atoms with Gasteiger partial charge >= 0.3 is 0 Å². The summed E-state index contributed by atoms with van der Waals surface area (Å²) >= 11 is 0. The molecule has 0 aromatic heterocycles.